The molecule has 98 valence electrons. The molecule has 0 radical (unpaired) electrons. The van der Waals surface area contributed by atoms with Gasteiger partial charge in [0.05, 0.1) is 15.5 Å². The van der Waals surface area contributed by atoms with Crippen molar-refractivity contribution in [2.24, 2.45) is 5.92 Å². The van der Waals surface area contributed by atoms with Crippen LogP contribution in [0.2, 0.25) is 0 Å². The number of nitrogens with zero attached hydrogens (tertiary/aromatic N) is 1. The van der Waals surface area contributed by atoms with Gasteiger partial charge in [0.25, 0.3) is 5.69 Å². The van der Waals surface area contributed by atoms with Crippen LogP contribution in [0.15, 0.2) is 16.6 Å². The van der Waals surface area contributed by atoms with E-state index < -0.39 is 10.7 Å². The predicted octanol–water partition coefficient (Wildman–Crippen LogP) is 4.10. The van der Waals surface area contributed by atoms with Gasteiger partial charge in [-0.15, -0.1) is 0 Å². The highest BCUT2D eigenvalue weighted by Gasteiger charge is 2.21. The van der Waals surface area contributed by atoms with Crippen molar-refractivity contribution in [2.45, 2.75) is 25.7 Å². The fraction of sp³-hybridized carbons (Fsp3) is 0.500. The second-order valence-corrected chi connectivity index (χ2v) is 5.41. The zero-order valence-corrected chi connectivity index (χ0v) is 11.4. The maximum Gasteiger partial charge on any atom is 0.295 e. The average molecular weight is 317 g/mol. The van der Waals surface area contributed by atoms with E-state index in [4.69, 9.17) is 0 Å². The molecule has 0 amide bonds. The highest BCUT2D eigenvalue weighted by Crippen LogP contribution is 2.34. The SMILES string of the molecule is O=[N+]([O-])c1cc(F)c(Br)cc1NCCCC1CC1. The second-order valence-electron chi connectivity index (χ2n) is 4.55. The maximum absolute atomic E-state index is 13.2. The first-order valence-corrected chi connectivity index (χ1v) is 6.74. The molecule has 1 aliphatic rings. The summed E-state index contributed by atoms with van der Waals surface area (Å²) in [6.07, 6.45) is 4.75. The summed E-state index contributed by atoms with van der Waals surface area (Å²) in [7, 11) is 0. The second kappa shape index (κ2) is 5.65. The number of benzene rings is 1. The average Bonchev–Trinajstić information content (AvgIpc) is 3.12. The summed E-state index contributed by atoms with van der Waals surface area (Å²) < 4.78 is 13.5. The Balaban J connectivity index is 1.99. The predicted molar refractivity (Wildman–Crippen MR) is 71.2 cm³/mol. The van der Waals surface area contributed by atoms with Gasteiger partial charge in [-0.25, -0.2) is 4.39 Å². The van der Waals surface area contributed by atoms with Crippen LogP contribution in [-0.4, -0.2) is 11.5 Å². The lowest BCUT2D eigenvalue weighted by atomic mass is 10.2. The molecule has 0 unspecified atom stereocenters. The number of halogens is 2. The van der Waals surface area contributed by atoms with Crippen molar-refractivity contribution < 1.29 is 9.31 Å². The molecule has 0 aliphatic heterocycles. The molecule has 18 heavy (non-hydrogen) atoms. The van der Waals surface area contributed by atoms with Gasteiger partial charge in [0.15, 0.2) is 0 Å². The number of nitro groups is 1. The van der Waals surface area contributed by atoms with Crippen molar-refractivity contribution >= 4 is 27.3 Å². The maximum atomic E-state index is 13.2. The largest absolute Gasteiger partial charge is 0.379 e. The van der Waals surface area contributed by atoms with E-state index in [1.54, 1.807) is 0 Å². The Morgan fingerprint density at radius 2 is 2.22 bits per heavy atom. The van der Waals surface area contributed by atoms with E-state index in [1.807, 2.05) is 0 Å². The van der Waals surface area contributed by atoms with Crippen LogP contribution in [0.1, 0.15) is 25.7 Å². The molecule has 1 aliphatic carbocycles. The van der Waals surface area contributed by atoms with Crippen LogP contribution in [0.3, 0.4) is 0 Å². The molecule has 0 spiro atoms. The molecule has 0 atom stereocenters. The van der Waals surface area contributed by atoms with E-state index >= 15 is 0 Å². The number of hydrogen-bond donors (Lipinski definition) is 1. The smallest absolute Gasteiger partial charge is 0.295 e. The Kier molecular flexibility index (Phi) is 4.16. The van der Waals surface area contributed by atoms with Gasteiger partial charge >= 0.3 is 0 Å². The molecule has 1 saturated carbocycles. The van der Waals surface area contributed by atoms with E-state index in [2.05, 4.69) is 21.2 Å². The Morgan fingerprint density at radius 1 is 1.50 bits per heavy atom. The van der Waals surface area contributed by atoms with E-state index in [9.17, 15) is 14.5 Å². The number of nitro benzene ring substituents is 1. The quantitative estimate of drug-likeness (QED) is 0.488. The van der Waals surface area contributed by atoms with Crippen molar-refractivity contribution in [1.29, 1.82) is 0 Å². The zero-order valence-electron chi connectivity index (χ0n) is 9.79. The van der Waals surface area contributed by atoms with Crippen LogP contribution < -0.4 is 5.32 Å². The molecular weight excluding hydrogens is 303 g/mol. The Morgan fingerprint density at radius 3 is 2.83 bits per heavy atom. The Labute approximate surface area is 113 Å². The third kappa shape index (κ3) is 3.41. The monoisotopic (exact) mass is 316 g/mol. The summed E-state index contributed by atoms with van der Waals surface area (Å²) in [6.45, 7) is 0.676. The Hall–Kier alpha value is -1.17. The number of anilines is 1. The van der Waals surface area contributed by atoms with Crippen LogP contribution in [0.4, 0.5) is 15.8 Å². The van der Waals surface area contributed by atoms with Gasteiger partial charge in [-0.05, 0) is 40.8 Å². The highest BCUT2D eigenvalue weighted by atomic mass is 79.9. The van der Waals surface area contributed by atoms with Gasteiger partial charge in [0.2, 0.25) is 0 Å². The number of rotatable bonds is 6. The summed E-state index contributed by atoms with van der Waals surface area (Å²) in [5.74, 6) is 0.229. The minimum Gasteiger partial charge on any atom is -0.379 e. The first-order chi connectivity index (χ1) is 8.58. The Bertz CT molecular complexity index is 464. The van der Waals surface area contributed by atoms with Crippen LogP contribution >= 0.6 is 15.9 Å². The van der Waals surface area contributed by atoms with E-state index in [0.717, 1.165) is 24.8 Å². The molecule has 0 bridgehead atoms. The number of nitrogens with one attached hydrogen (secondary N) is 1. The van der Waals surface area contributed by atoms with Gasteiger partial charge in [0.1, 0.15) is 11.5 Å². The van der Waals surface area contributed by atoms with E-state index in [0.29, 0.717) is 12.2 Å². The minimum atomic E-state index is -0.620. The lowest BCUT2D eigenvalue weighted by Crippen LogP contribution is -2.05. The van der Waals surface area contributed by atoms with Gasteiger partial charge in [-0.1, -0.05) is 12.8 Å². The standard InChI is InChI=1S/C12H14BrFN2O2/c13-9-6-11(12(16(17)18)7-10(9)14)15-5-1-2-8-3-4-8/h6-8,15H,1-5H2. The van der Waals surface area contributed by atoms with Crippen molar-refractivity contribution in [1.82, 2.24) is 0 Å². The summed E-state index contributed by atoms with van der Waals surface area (Å²) in [4.78, 5) is 10.2. The summed E-state index contributed by atoms with van der Waals surface area (Å²) in [5.41, 5.74) is 0.145. The molecule has 0 saturated heterocycles. The fourth-order valence-electron chi connectivity index (χ4n) is 1.85. The molecular formula is C12H14BrFN2O2. The minimum absolute atomic E-state index is 0.220. The molecule has 1 N–H and O–H groups in total. The highest BCUT2D eigenvalue weighted by molar-refractivity contribution is 9.10. The summed E-state index contributed by atoms with van der Waals surface area (Å²) in [5, 5.41) is 13.8. The molecule has 6 heteroatoms. The molecule has 1 fully saturated rings. The van der Waals surface area contributed by atoms with Crippen LogP contribution in [-0.2, 0) is 0 Å². The van der Waals surface area contributed by atoms with E-state index in [1.165, 1.54) is 18.9 Å². The number of hydrogen-bond acceptors (Lipinski definition) is 3. The van der Waals surface area contributed by atoms with Crippen LogP contribution in [0, 0.1) is 21.8 Å². The van der Waals surface area contributed by atoms with Crippen molar-refractivity contribution in [3.05, 3.63) is 32.5 Å². The van der Waals surface area contributed by atoms with Crippen molar-refractivity contribution in [3.63, 3.8) is 0 Å². The fourth-order valence-corrected chi connectivity index (χ4v) is 2.19. The molecule has 2 rings (SSSR count). The molecule has 1 aromatic carbocycles. The van der Waals surface area contributed by atoms with E-state index in [-0.39, 0.29) is 10.2 Å². The molecule has 0 heterocycles. The van der Waals surface area contributed by atoms with Crippen LogP contribution in [0.5, 0.6) is 0 Å². The van der Waals surface area contributed by atoms with Crippen molar-refractivity contribution in [3.8, 4) is 0 Å². The van der Waals surface area contributed by atoms with Crippen molar-refractivity contribution in [2.75, 3.05) is 11.9 Å². The molecule has 4 nitrogen and oxygen atoms in total. The van der Waals surface area contributed by atoms with Gasteiger partial charge in [-0.3, -0.25) is 10.1 Å². The van der Waals surface area contributed by atoms with Gasteiger partial charge in [0, 0.05) is 6.54 Å². The normalized spacial score (nSPS) is 14.6. The lowest BCUT2D eigenvalue weighted by molar-refractivity contribution is -0.384. The van der Waals surface area contributed by atoms with Crippen LogP contribution in [0.25, 0.3) is 0 Å². The summed E-state index contributed by atoms with van der Waals surface area (Å²) in [6, 6.07) is 2.36. The molecule has 1 aromatic rings. The zero-order chi connectivity index (χ0) is 13.1. The third-order valence-electron chi connectivity index (χ3n) is 3.04. The first kappa shape index (κ1) is 13.3. The lowest BCUT2D eigenvalue weighted by Gasteiger charge is -2.08. The molecule has 0 aromatic heterocycles. The third-order valence-corrected chi connectivity index (χ3v) is 3.64. The topological polar surface area (TPSA) is 55.2 Å². The van der Waals surface area contributed by atoms with Gasteiger partial charge in [-0.2, -0.15) is 0 Å². The summed E-state index contributed by atoms with van der Waals surface area (Å²) >= 11 is 3.03. The van der Waals surface area contributed by atoms with Gasteiger partial charge < -0.3 is 5.32 Å². The first-order valence-electron chi connectivity index (χ1n) is 5.95.